The van der Waals surface area contributed by atoms with Crippen molar-refractivity contribution in [2.75, 3.05) is 7.11 Å². The van der Waals surface area contributed by atoms with Crippen molar-refractivity contribution in [3.63, 3.8) is 0 Å². The summed E-state index contributed by atoms with van der Waals surface area (Å²) < 4.78 is 7.01. The number of hydrogen-bond donors (Lipinski definition) is 1. The van der Waals surface area contributed by atoms with Crippen LogP contribution in [-0.2, 0) is 0 Å². The Morgan fingerprint density at radius 3 is 2.46 bits per heavy atom. The van der Waals surface area contributed by atoms with Crippen molar-refractivity contribution < 1.29 is 9.53 Å². The molecule has 1 unspecified atom stereocenters. The first kappa shape index (κ1) is 17.7. The third-order valence-corrected chi connectivity index (χ3v) is 4.33. The van der Waals surface area contributed by atoms with Gasteiger partial charge in [-0.2, -0.15) is 5.10 Å². The fourth-order valence-corrected chi connectivity index (χ4v) is 2.82. The van der Waals surface area contributed by atoms with E-state index in [-0.39, 0.29) is 17.6 Å². The maximum atomic E-state index is 12.8. The second-order valence-electron chi connectivity index (χ2n) is 6.17. The lowest BCUT2D eigenvalue weighted by molar-refractivity contribution is 0.0927. The first-order valence-corrected chi connectivity index (χ1v) is 8.69. The number of nitrogens with one attached hydrogen (secondary N) is 1. The van der Waals surface area contributed by atoms with Gasteiger partial charge in [-0.05, 0) is 31.0 Å². The highest BCUT2D eigenvalue weighted by molar-refractivity contribution is 5.95. The highest BCUT2D eigenvalue weighted by Crippen LogP contribution is 2.22. The van der Waals surface area contributed by atoms with Crippen LogP contribution in [0.5, 0.6) is 5.75 Å². The van der Waals surface area contributed by atoms with Gasteiger partial charge in [0.05, 0.1) is 25.0 Å². The summed E-state index contributed by atoms with van der Waals surface area (Å²) in [6.07, 6.45) is 2.51. The smallest absolute Gasteiger partial charge is 0.276 e. The van der Waals surface area contributed by atoms with Crippen molar-refractivity contribution >= 4 is 5.91 Å². The third-order valence-electron chi connectivity index (χ3n) is 4.33. The van der Waals surface area contributed by atoms with Crippen LogP contribution in [0.1, 0.15) is 41.0 Å². The Hall–Kier alpha value is -3.08. The fourth-order valence-electron chi connectivity index (χ4n) is 2.82. The van der Waals surface area contributed by atoms with E-state index < -0.39 is 0 Å². The summed E-state index contributed by atoms with van der Waals surface area (Å²) in [5, 5.41) is 7.49. The van der Waals surface area contributed by atoms with Crippen LogP contribution in [0.2, 0.25) is 0 Å². The van der Waals surface area contributed by atoms with Crippen LogP contribution in [0.3, 0.4) is 0 Å². The summed E-state index contributed by atoms with van der Waals surface area (Å²) in [7, 11) is 1.54. The minimum absolute atomic E-state index is 0.0744. The van der Waals surface area contributed by atoms with E-state index in [9.17, 15) is 4.79 Å². The molecule has 1 aromatic heterocycles. The van der Waals surface area contributed by atoms with E-state index in [1.807, 2.05) is 56.3 Å². The van der Waals surface area contributed by atoms with Crippen LogP contribution in [0, 0.1) is 6.92 Å². The molecule has 5 nitrogen and oxygen atoms in total. The summed E-state index contributed by atoms with van der Waals surface area (Å²) >= 11 is 0. The largest absolute Gasteiger partial charge is 0.493 e. The van der Waals surface area contributed by atoms with E-state index in [0.29, 0.717) is 5.75 Å². The predicted octanol–water partition coefficient (Wildman–Crippen LogP) is 4.07. The molecular formula is C21H23N3O2. The zero-order valence-electron chi connectivity index (χ0n) is 15.3. The molecule has 3 aromatic rings. The van der Waals surface area contributed by atoms with Crippen molar-refractivity contribution in [3.8, 4) is 11.4 Å². The molecule has 0 spiro atoms. The standard InChI is InChI=1S/C21H23N3O2/c1-4-18(16-12-10-15(2)11-13-16)22-21(25)20-19(26-3)14-24(23-20)17-8-6-5-7-9-17/h5-14,18H,4H2,1-3H3,(H,22,25). The Balaban J connectivity index is 1.84. The molecular weight excluding hydrogens is 326 g/mol. The Labute approximate surface area is 153 Å². The van der Waals surface area contributed by atoms with E-state index in [4.69, 9.17) is 4.74 Å². The predicted molar refractivity (Wildman–Crippen MR) is 102 cm³/mol. The first-order chi connectivity index (χ1) is 12.6. The van der Waals surface area contributed by atoms with Gasteiger partial charge >= 0.3 is 0 Å². The SMILES string of the molecule is CCC(NC(=O)c1nn(-c2ccccc2)cc1OC)c1ccc(C)cc1. The van der Waals surface area contributed by atoms with Gasteiger partial charge in [-0.3, -0.25) is 4.79 Å². The molecule has 0 fully saturated rings. The molecule has 0 aliphatic rings. The number of nitrogens with zero attached hydrogens (tertiary/aromatic N) is 2. The monoisotopic (exact) mass is 349 g/mol. The fraction of sp³-hybridized carbons (Fsp3) is 0.238. The summed E-state index contributed by atoms with van der Waals surface area (Å²) in [5.41, 5.74) is 3.42. The van der Waals surface area contributed by atoms with Gasteiger partial charge in [0.1, 0.15) is 0 Å². The number of aryl methyl sites for hydroxylation is 1. The van der Waals surface area contributed by atoms with Gasteiger partial charge in [-0.15, -0.1) is 0 Å². The summed E-state index contributed by atoms with van der Waals surface area (Å²) in [5.74, 6) is 0.203. The van der Waals surface area contributed by atoms with Crippen LogP contribution >= 0.6 is 0 Å². The summed E-state index contributed by atoms with van der Waals surface area (Å²) in [6.45, 7) is 4.09. The van der Waals surface area contributed by atoms with E-state index in [2.05, 4.69) is 22.5 Å². The molecule has 0 bridgehead atoms. The van der Waals surface area contributed by atoms with Crippen LogP contribution < -0.4 is 10.1 Å². The van der Waals surface area contributed by atoms with E-state index in [1.165, 1.54) is 5.56 Å². The number of aromatic nitrogens is 2. The van der Waals surface area contributed by atoms with Crippen molar-refractivity contribution in [3.05, 3.63) is 77.6 Å². The molecule has 134 valence electrons. The van der Waals surface area contributed by atoms with Crippen LogP contribution in [-0.4, -0.2) is 22.8 Å². The van der Waals surface area contributed by atoms with Crippen molar-refractivity contribution in [2.24, 2.45) is 0 Å². The molecule has 0 saturated carbocycles. The molecule has 0 aliphatic carbocycles. The molecule has 1 amide bonds. The Morgan fingerprint density at radius 1 is 1.15 bits per heavy atom. The molecule has 0 aliphatic heterocycles. The Kier molecular flexibility index (Phi) is 5.37. The van der Waals surface area contributed by atoms with Crippen LogP contribution in [0.4, 0.5) is 0 Å². The van der Waals surface area contributed by atoms with Gasteiger partial charge < -0.3 is 10.1 Å². The lowest BCUT2D eigenvalue weighted by atomic mass is 10.0. The number of methoxy groups -OCH3 is 1. The lowest BCUT2D eigenvalue weighted by Crippen LogP contribution is -2.29. The van der Waals surface area contributed by atoms with Gasteiger partial charge in [0, 0.05) is 0 Å². The highest BCUT2D eigenvalue weighted by atomic mass is 16.5. The van der Waals surface area contributed by atoms with Crippen molar-refractivity contribution in [1.29, 1.82) is 0 Å². The van der Waals surface area contributed by atoms with Crippen LogP contribution in [0.25, 0.3) is 5.69 Å². The highest BCUT2D eigenvalue weighted by Gasteiger charge is 2.21. The zero-order chi connectivity index (χ0) is 18.5. The molecule has 0 radical (unpaired) electrons. The van der Waals surface area contributed by atoms with Gasteiger partial charge in [-0.25, -0.2) is 4.68 Å². The van der Waals surface area contributed by atoms with Crippen LogP contribution in [0.15, 0.2) is 60.8 Å². The number of amides is 1. The first-order valence-electron chi connectivity index (χ1n) is 8.69. The number of benzene rings is 2. The van der Waals surface area contributed by atoms with Gasteiger partial charge in [0.25, 0.3) is 5.91 Å². The number of rotatable bonds is 6. The average Bonchev–Trinajstić information content (AvgIpc) is 3.12. The van der Waals surface area contributed by atoms with Gasteiger partial charge in [0.15, 0.2) is 11.4 Å². The Morgan fingerprint density at radius 2 is 1.85 bits per heavy atom. The van der Waals surface area contributed by atoms with Crippen molar-refractivity contribution in [2.45, 2.75) is 26.3 Å². The number of carbonyl (C=O) groups excluding carboxylic acids is 1. The van der Waals surface area contributed by atoms with E-state index >= 15 is 0 Å². The minimum atomic E-state index is -0.246. The molecule has 1 atom stereocenters. The molecule has 0 saturated heterocycles. The minimum Gasteiger partial charge on any atom is -0.493 e. The number of carbonyl (C=O) groups is 1. The maximum absolute atomic E-state index is 12.8. The van der Waals surface area contributed by atoms with Crippen molar-refractivity contribution in [1.82, 2.24) is 15.1 Å². The average molecular weight is 349 g/mol. The quantitative estimate of drug-likeness (QED) is 0.730. The van der Waals surface area contributed by atoms with E-state index in [1.54, 1.807) is 18.0 Å². The molecule has 2 aromatic carbocycles. The lowest BCUT2D eigenvalue weighted by Gasteiger charge is -2.17. The number of hydrogen-bond acceptors (Lipinski definition) is 3. The van der Waals surface area contributed by atoms with Gasteiger partial charge in [-0.1, -0.05) is 55.0 Å². The van der Waals surface area contributed by atoms with Gasteiger partial charge in [0.2, 0.25) is 0 Å². The molecule has 1 N–H and O–H groups in total. The topological polar surface area (TPSA) is 56.2 Å². The van der Waals surface area contributed by atoms with E-state index in [0.717, 1.165) is 17.7 Å². The summed E-state index contributed by atoms with van der Waals surface area (Å²) in [4.78, 5) is 12.8. The molecule has 1 heterocycles. The third kappa shape index (κ3) is 3.77. The zero-order valence-corrected chi connectivity index (χ0v) is 15.3. The second-order valence-corrected chi connectivity index (χ2v) is 6.17. The Bertz CT molecular complexity index is 870. The normalized spacial score (nSPS) is 11.8. The molecule has 26 heavy (non-hydrogen) atoms. The maximum Gasteiger partial charge on any atom is 0.276 e. The summed E-state index contributed by atoms with van der Waals surface area (Å²) in [6, 6.07) is 17.8. The molecule has 3 rings (SSSR count). The number of ether oxygens (including phenoxy) is 1. The second kappa shape index (κ2) is 7.87. The number of para-hydroxylation sites is 1. The molecule has 5 heteroatoms.